The van der Waals surface area contributed by atoms with Gasteiger partial charge in [-0.25, -0.2) is 0 Å². The lowest BCUT2D eigenvalue weighted by molar-refractivity contribution is -0.120. The van der Waals surface area contributed by atoms with E-state index >= 15 is 0 Å². The third-order valence-corrected chi connectivity index (χ3v) is 3.39. The molecule has 0 N–H and O–H groups in total. The molecule has 2 rings (SSSR count). The molecule has 1 saturated carbocycles. The van der Waals surface area contributed by atoms with Gasteiger partial charge in [0.05, 0.1) is 0 Å². The van der Waals surface area contributed by atoms with Crippen LogP contribution in [-0.4, -0.2) is 46.8 Å². The molecule has 0 aliphatic heterocycles. The molecule has 0 saturated heterocycles. The zero-order chi connectivity index (χ0) is 15.6. The number of halogens is 4. The van der Waals surface area contributed by atoms with Crippen molar-refractivity contribution in [2.45, 2.75) is 38.9 Å². The lowest BCUT2D eigenvalue weighted by Crippen LogP contribution is -2.37. The van der Waals surface area contributed by atoms with Gasteiger partial charge in [-0.2, -0.15) is 28.1 Å². The number of hydrogen-bond acceptors (Lipinski definition) is 5. The summed E-state index contributed by atoms with van der Waals surface area (Å²) in [5, 5.41) is -0.0882. The summed E-state index contributed by atoms with van der Waals surface area (Å²) < 4.78 is 38.1. The number of hydrogen-bond donors (Lipinski definition) is 0. The van der Waals surface area contributed by atoms with Crippen molar-refractivity contribution < 1.29 is 13.2 Å². The van der Waals surface area contributed by atoms with Crippen molar-refractivity contribution in [3.05, 3.63) is 5.28 Å². The number of aromatic nitrogens is 3. The Morgan fingerprint density at radius 1 is 1.10 bits per heavy atom. The predicted octanol–water partition coefficient (Wildman–Crippen LogP) is 2.90. The zero-order valence-electron chi connectivity index (χ0n) is 11.9. The molecule has 118 valence electrons. The fourth-order valence-electron chi connectivity index (χ4n) is 2.05. The molecule has 0 amide bonds. The van der Waals surface area contributed by atoms with E-state index in [-0.39, 0.29) is 17.3 Å². The third-order valence-electron chi connectivity index (χ3n) is 3.22. The Kier molecular flexibility index (Phi) is 4.75. The van der Waals surface area contributed by atoms with E-state index in [1.807, 2.05) is 18.7 Å². The molecular weight excluding hydrogens is 307 g/mol. The molecule has 1 aromatic heterocycles. The van der Waals surface area contributed by atoms with Crippen LogP contribution in [0.15, 0.2) is 0 Å². The summed E-state index contributed by atoms with van der Waals surface area (Å²) in [6, 6.07) is -0.172. The van der Waals surface area contributed by atoms with Crippen LogP contribution in [0, 0.1) is 0 Å². The van der Waals surface area contributed by atoms with Crippen molar-refractivity contribution in [1.82, 2.24) is 15.0 Å². The molecule has 5 nitrogen and oxygen atoms in total. The fourth-order valence-corrected chi connectivity index (χ4v) is 2.20. The highest BCUT2D eigenvalue weighted by molar-refractivity contribution is 6.28. The number of nitrogens with zero attached hydrogens (tertiary/aromatic N) is 5. The second-order valence-electron chi connectivity index (χ2n) is 4.85. The van der Waals surface area contributed by atoms with Crippen molar-refractivity contribution in [3.8, 4) is 0 Å². The van der Waals surface area contributed by atoms with Crippen LogP contribution in [0.3, 0.4) is 0 Å². The molecule has 0 bridgehead atoms. The first-order valence-electron chi connectivity index (χ1n) is 6.84. The summed E-state index contributed by atoms with van der Waals surface area (Å²) in [5.74, 6) is 0.305. The summed E-state index contributed by atoms with van der Waals surface area (Å²) in [6.07, 6.45) is -2.89. The third kappa shape index (κ3) is 4.33. The molecule has 9 heteroatoms. The van der Waals surface area contributed by atoms with Gasteiger partial charge in [-0.3, -0.25) is 0 Å². The Morgan fingerprint density at radius 3 is 2.14 bits per heavy atom. The van der Waals surface area contributed by atoms with E-state index in [0.29, 0.717) is 31.9 Å². The maximum Gasteiger partial charge on any atom is 0.406 e. The summed E-state index contributed by atoms with van der Waals surface area (Å²) >= 11 is 5.85. The minimum Gasteiger partial charge on any atom is -0.341 e. The van der Waals surface area contributed by atoms with E-state index in [1.54, 1.807) is 0 Å². The summed E-state index contributed by atoms with van der Waals surface area (Å²) in [4.78, 5) is 15.0. The van der Waals surface area contributed by atoms with Gasteiger partial charge in [0, 0.05) is 19.1 Å². The van der Waals surface area contributed by atoms with Crippen LogP contribution in [0.2, 0.25) is 5.28 Å². The lowest BCUT2D eigenvalue weighted by atomic mass is 10.4. The highest BCUT2D eigenvalue weighted by Gasteiger charge is 2.39. The van der Waals surface area contributed by atoms with Crippen molar-refractivity contribution >= 4 is 23.5 Å². The summed E-state index contributed by atoms with van der Waals surface area (Å²) in [7, 11) is 0. The van der Waals surface area contributed by atoms with E-state index < -0.39 is 12.7 Å². The normalized spacial score (nSPS) is 15.1. The molecule has 0 aromatic carbocycles. The smallest absolute Gasteiger partial charge is 0.341 e. The molecule has 1 aliphatic carbocycles. The first-order valence-corrected chi connectivity index (χ1v) is 7.21. The van der Waals surface area contributed by atoms with Crippen molar-refractivity contribution in [1.29, 1.82) is 0 Å². The maximum atomic E-state index is 12.7. The molecule has 0 unspecified atom stereocenters. The van der Waals surface area contributed by atoms with E-state index in [0.717, 1.165) is 0 Å². The van der Waals surface area contributed by atoms with E-state index in [4.69, 9.17) is 11.6 Å². The quantitative estimate of drug-likeness (QED) is 0.805. The lowest BCUT2D eigenvalue weighted by Gasteiger charge is -2.25. The molecule has 1 heterocycles. The molecular formula is C12H17ClF3N5. The Balaban J connectivity index is 2.32. The average Bonchev–Trinajstić information content (AvgIpc) is 3.20. The van der Waals surface area contributed by atoms with Crippen molar-refractivity contribution in [2.24, 2.45) is 0 Å². The van der Waals surface area contributed by atoms with Crippen LogP contribution in [0.5, 0.6) is 0 Å². The molecule has 0 spiro atoms. The van der Waals surface area contributed by atoms with Gasteiger partial charge in [0.1, 0.15) is 6.54 Å². The number of alkyl halides is 3. The molecule has 1 fully saturated rings. The Bertz CT molecular complexity index is 488. The van der Waals surface area contributed by atoms with Gasteiger partial charge in [0.15, 0.2) is 0 Å². The predicted molar refractivity (Wildman–Crippen MR) is 74.8 cm³/mol. The largest absolute Gasteiger partial charge is 0.406 e. The molecule has 1 aliphatic rings. The highest BCUT2D eigenvalue weighted by Crippen LogP contribution is 2.33. The van der Waals surface area contributed by atoms with Crippen LogP contribution >= 0.6 is 11.6 Å². The fraction of sp³-hybridized carbons (Fsp3) is 0.750. The zero-order valence-corrected chi connectivity index (χ0v) is 12.6. The molecule has 0 atom stereocenters. The topological polar surface area (TPSA) is 45.2 Å². The molecule has 1 aromatic rings. The van der Waals surface area contributed by atoms with Crippen molar-refractivity contribution in [2.75, 3.05) is 29.4 Å². The van der Waals surface area contributed by atoms with Gasteiger partial charge in [-0.1, -0.05) is 0 Å². The van der Waals surface area contributed by atoms with Gasteiger partial charge in [0.25, 0.3) is 0 Å². The summed E-state index contributed by atoms with van der Waals surface area (Å²) in [6.45, 7) is 4.03. The van der Waals surface area contributed by atoms with Crippen molar-refractivity contribution in [3.63, 3.8) is 0 Å². The monoisotopic (exact) mass is 323 g/mol. The van der Waals surface area contributed by atoms with Crippen LogP contribution in [-0.2, 0) is 0 Å². The SMILES string of the molecule is CCN(CC)c1nc(Cl)nc(N(CC(F)(F)F)C2CC2)n1. The van der Waals surface area contributed by atoms with E-state index in [9.17, 15) is 13.2 Å². The minimum absolute atomic E-state index is 0.00303. The van der Waals surface area contributed by atoms with E-state index in [2.05, 4.69) is 15.0 Å². The van der Waals surface area contributed by atoms with Gasteiger partial charge >= 0.3 is 6.18 Å². The first kappa shape index (κ1) is 16.1. The Hall–Kier alpha value is -1.31. The maximum absolute atomic E-state index is 12.7. The Morgan fingerprint density at radius 2 is 1.67 bits per heavy atom. The first-order chi connectivity index (χ1) is 9.84. The summed E-state index contributed by atoms with van der Waals surface area (Å²) in [5.41, 5.74) is 0. The second-order valence-corrected chi connectivity index (χ2v) is 5.19. The van der Waals surface area contributed by atoms with Gasteiger partial charge in [-0.15, -0.1) is 0 Å². The average molecular weight is 324 g/mol. The highest BCUT2D eigenvalue weighted by atomic mass is 35.5. The minimum atomic E-state index is -4.31. The van der Waals surface area contributed by atoms with Gasteiger partial charge in [0.2, 0.25) is 17.2 Å². The van der Waals surface area contributed by atoms with Crippen LogP contribution in [0.1, 0.15) is 26.7 Å². The van der Waals surface area contributed by atoms with Crippen LogP contribution in [0.25, 0.3) is 0 Å². The Labute approximate surface area is 126 Å². The van der Waals surface area contributed by atoms with Gasteiger partial charge < -0.3 is 9.80 Å². The standard InChI is InChI=1S/C12H17ClF3N5/c1-3-20(4-2)10-17-9(13)18-11(19-10)21(8-5-6-8)7-12(14,15)16/h8H,3-7H2,1-2H3. The second kappa shape index (κ2) is 6.21. The van der Waals surface area contributed by atoms with Crippen LogP contribution in [0.4, 0.5) is 25.1 Å². The molecule has 21 heavy (non-hydrogen) atoms. The van der Waals surface area contributed by atoms with Crippen LogP contribution < -0.4 is 9.80 Å². The number of anilines is 2. The van der Waals surface area contributed by atoms with E-state index in [1.165, 1.54) is 4.90 Å². The number of rotatable bonds is 6. The molecule has 0 radical (unpaired) electrons. The van der Waals surface area contributed by atoms with Gasteiger partial charge in [-0.05, 0) is 38.3 Å².